The van der Waals surface area contributed by atoms with E-state index in [1.807, 2.05) is 13.0 Å². The maximum Gasteiger partial charge on any atom is 0.226 e. The summed E-state index contributed by atoms with van der Waals surface area (Å²) in [6, 6.07) is 2.17. The Morgan fingerprint density at radius 3 is 2.73 bits per heavy atom. The average Bonchev–Trinajstić information content (AvgIpc) is 2.12. The molecule has 0 spiro atoms. The zero-order chi connectivity index (χ0) is 11.3. The van der Waals surface area contributed by atoms with Gasteiger partial charge in [0.25, 0.3) is 0 Å². The molecule has 0 aliphatic rings. The Balaban J connectivity index is 2.75. The fourth-order valence-electron chi connectivity index (χ4n) is 1.14. The van der Waals surface area contributed by atoms with Crippen LogP contribution >= 0.6 is 0 Å². The SMILES string of the molecule is CCCOc1cc(C)nc(NC(C)C)n1. The summed E-state index contributed by atoms with van der Waals surface area (Å²) >= 11 is 0. The molecular formula is C11H19N3O. The lowest BCUT2D eigenvalue weighted by atomic mass is 10.4. The van der Waals surface area contributed by atoms with E-state index in [0.717, 1.165) is 12.1 Å². The average molecular weight is 209 g/mol. The molecule has 0 saturated carbocycles. The Labute approximate surface area is 91.1 Å². The van der Waals surface area contributed by atoms with Gasteiger partial charge in [-0.25, -0.2) is 4.98 Å². The number of aryl methyl sites for hydroxylation is 1. The number of nitrogens with one attached hydrogen (secondary N) is 1. The van der Waals surface area contributed by atoms with Gasteiger partial charge in [0.2, 0.25) is 11.8 Å². The van der Waals surface area contributed by atoms with Crippen molar-refractivity contribution < 1.29 is 4.74 Å². The van der Waals surface area contributed by atoms with Crippen molar-refractivity contribution in [2.45, 2.75) is 40.2 Å². The first kappa shape index (κ1) is 11.8. The van der Waals surface area contributed by atoms with Gasteiger partial charge in [-0.1, -0.05) is 6.92 Å². The van der Waals surface area contributed by atoms with Gasteiger partial charge < -0.3 is 10.1 Å². The minimum atomic E-state index is 0.325. The minimum Gasteiger partial charge on any atom is -0.478 e. The molecule has 1 heterocycles. The largest absolute Gasteiger partial charge is 0.478 e. The zero-order valence-corrected chi connectivity index (χ0v) is 9.87. The highest BCUT2D eigenvalue weighted by molar-refractivity contribution is 5.31. The van der Waals surface area contributed by atoms with Crippen molar-refractivity contribution in [2.24, 2.45) is 0 Å². The van der Waals surface area contributed by atoms with Crippen molar-refractivity contribution in [2.75, 3.05) is 11.9 Å². The number of hydrogen-bond acceptors (Lipinski definition) is 4. The third-order valence-corrected chi connectivity index (χ3v) is 1.70. The smallest absolute Gasteiger partial charge is 0.226 e. The number of ether oxygens (including phenoxy) is 1. The van der Waals surface area contributed by atoms with Gasteiger partial charge in [0.1, 0.15) is 0 Å². The van der Waals surface area contributed by atoms with E-state index >= 15 is 0 Å². The summed E-state index contributed by atoms with van der Waals surface area (Å²) in [6.07, 6.45) is 0.982. The summed E-state index contributed by atoms with van der Waals surface area (Å²) in [4.78, 5) is 8.55. The van der Waals surface area contributed by atoms with Gasteiger partial charge in [0.05, 0.1) is 6.61 Å². The topological polar surface area (TPSA) is 47.0 Å². The summed E-state index contributed by atoms with van der Waals surface area (Å²) in [5.41, 5.74) is 0.916. The van der Waals surface area contributed by atoms with Gasteiger partial charge >= 0.3 is 0 Å². The van der Waals surface area contributed by atoms with Gasteiger partial charge in [-0.2, -0.15) is 4.98 Å². The molecule has 1 rings (SSSR count). The lowest BCUT2D eigenvalue weighted by Gasteiger charge is -2.10. The molecule has 0 atom stereocenters. The van der Waals surface area contributed by atoms with Crippen LogP contribution in [0.2, 0.25) is 0 Å². The van der Waals surface area contributed by atoms with Crippen LogP contribution in [0.15, 0.2) is 6.07 Å². The second-order valence-electron chi connectivity index (χ2n) is 3.82. The highest BCUT2D eigenvalue weighted by Crippen LogP contribution is 2.12. The molecule has 1 N–H and O–H groups in total. The van der Waals surface area contributed by atoms with Crippen molar-refractivity contribution in [1.82, 2.24) is 9.97 Å². The van der Waals surface area contributed by atoms with E-state index in [-0.39, 0.29) is 0 Å². The van der Waals surface area contributed by atoms with Crippen LogP contribution in [0.25, 0.3) is 0 Å². The molecule has 0 fully saturated rings. The Morgan fingerprint density at radius 2 is 2.13 bits per heavy atom. The van der Waals surface area contributed by atoms with Crippen LogP contribution in [0, 0.1) is 6.92 Å². The zero-order valence-electron chi connectivity index (χ0n) is 9.87. The molecule has 0 unspecified atom stereocenters. The fourth-order valence-corrected chi connectivity index (χ4v) is 1.14. The van der Waals surface area contributed by atoms with Gasteiger partial charge in [0, 0.05) is 17.8 Å². The van der Waals surface area contributed by atoms with E-state index < -0.39 is 0 Å². The molecule has 1 aromatic heterocycles. The van der Waals surface area contributed by atoms with E-state index in [2.05, 4.69) is 36.1 Å². The van der Waals surface area contributed by atoms with Gasteiger partial charge in [0.15, 0.2) is 0 Å². The molecule has 0 aliphatic heterocycles. The van der Waals surface area contributed by atoms with Crippen molar-refractivity contribution >= 4 is 5.95 Å². The maximum absolute atomic E-state index is 5.47. The number of anilines is 1. The van der Waals surface area contributed by atoms with E-state index in [0.29, 0.717) is 24.5 Å². The lowest BCUT2D eigenvalue weighted by Crippen LogP contribution is -2.13. The predicted molar refractivity (Wildman–Crippen MR) is 61.3 cm³/mol. The normalized spacial score (nSPS) is 10.5. The summed E-state index contributed by atoms with van der Waals surface area (Å²) in [5, 5.41) is 3.16. The Hall–Kier alpha value is -1.32. The molecule has 4 nitrogen and oxygen atoms in total. The van der Waals surface area contributed by atoms with Crippen molar-refractivity contribution in [1.29, 1.82) is 0 Å². The first-order valence-corrected chi connectivity index (χ1v) is 5.37. The Bertz CT molecular complexity index is 313. The highest BCUT2D eigenvalue weighted by Gasteiger charge is 2.03. The molecule has 4 heteroatoms. The van der Waals surface area contributed by atoms with Gasteiger partial charge in [-0.3, -0.25) is 0 Å². The molecule has 1 aromatic rings. The first-order chi connectivity index (χ1) is 7.11. The molecule has 84 valence electrons. The first-order valence-electron chi connectivity index (χ1n) is 5.37. The van der Waals surface area contributed by atoms with E-state index in [9.17, 15) is 0 Å². The van der Waals surface area contributed by atoms with Crippen molar-refractivity contribution in [3.63, 3.8) is 0 Å². The molecule has 0 bridgehead atoms. The maximum atomic E-state index is 5.47. The lowest BCUT2D eigenvalue weighted by molar-refractivity contribution is 0.305. The quantitative estimate of drug-likeness (QED) is 0.809. The Morgan fingerprint density at radius 1 is 1.40 bits per heavy atom. The second kappa shape index (κ2) is 5.53. The minimum absolute atomic E-state index is 0.325. The van der Waals surface area contributed by atoms with Crippen LogP contribution in [0.1, 0.15) is 32.9 Å². The summed E-state index contributed by atoms with van der Waals surface area (Å²) < 4.78 is 5.47. The fraction of sp³-hybridized carbons (Fsp3) is 0.636. The Kier molecular flexibility index (Phi) is 4.34. The van der Waals surface area contributed by atoms with Crippen LogP contribution in [-0.2, 0) is 0 Å². The van der Waals surface area contributed by atoms with E-state index in [1.54, 1.807) is 0 Å². The number of nitrogens with zero attached hydrogens (tertiary/aromatic N) is 2. The third-order valence-electron chi connectivity index (χ3n) is 1.70. The van der Waals surface area contributed by atoms with Crippen LogP contribution in [0.4, 0.5) is 5.95 Å². The van der Waals surface area contributed by atoms with Gasteiger partial charge in [-0.15, -0.1) is 0 Å². The molecule has 0 aromatic carbocycles. The summed E-state index contributed by atoms with van der Waals surface area (Å²) in [5.74, 6) is 1.28. The second-order valence-corrected chi connectivity index (χ2v) is 3.82. The monoisotopic (exact) mass is 209 g/mol. The van der Waals surface area contributed by atoms with Crippen molar-refractivity contribution in [3.05, 3.63) is 11.8 Å². The number of rotatable bonds is 5. The van der Waals surface area contributed by atoms with Crippen molar-refractivity contribution in [3.8, 4) is 5.88 Å². The van der Waals surface area contributed by atoms with E-state index in [4.69, 9.17) is 4.74 Å². The molecule has 0 amide bonds. The molecule has 0 radical (unpaired) electrons. The molecule has 15 heavy (non-hydrogen) atoms. The van der Waals surface area contributed by atoms with Gasteiger partial charge in [-0.05, 0) is 27.2 Å². The number of aromatic nitrogens is 2. The standard InChI is InChI=1S/C11H19N3O/c1-5-6-15-10-7-9(4)13-11(14-10)12-8(2)3/h7-8H,5-6H2,1-4H3,(H,12,13,14). The van der Waals surface area contributed by atoms with Crippen LogP contribution in [0.5, 0.6) is 5.88 Å². The molecule has 0 saturated heterocycles. The van der Waals surface area contributed by atoms with E-state index in [1.165, 1.54) is 0 Å². The predicted octanol–water partition coefficient (Wildman–Crippen LogP) is 2.39. The summed E-state index contributed by atoms with van der Waals surface area (Å²) in [6.45, 7) is 8.81. The van der Waals surface area contributed by atoms with Crippen LogP contribution in [0.3, 0.4) is 0 Å². The molecule has 0 aliphatic carbocycles. The number of hydrogen-bond donors (Lipinski definition) is 1. The highest BCUT2D eigenvalue weighted by atomic mass is 16.5. The third kappa shape index (κ3) is 4.14. The van der Waals surface area contributed by atoms with Crippen LogP contribution < -0.4 is 10.1 Å². The van der Waals surface area contributed by atoms with Crippen LogP contribution in [-0.4, -0.2) is 22.6 Å². The molecular weight excluding hydrogens is 190 g/mol. The summed E-state index contributed by atoms with van der Waals surface area (Å²) in [7, 11) is 0.